The van der Waals surface area contributed by atoms with Crippen LogP contribution in [0.4, 0.5) is 10.2 Å². The first-order valence-electron chi connectivity index (χ1n) is 9.54. The standard InChI is InChI=1S/C20H22FN5/c21-15-5-3-4-14(12-15)18-13-19-23-17-7-2-1-6-16(17)20(26(19)24-18)25-10-8-22-9-11-25/h3-5,12-13,22H,1-2,6-11H2/p+1. The lowest BCUT2D eigenvalue weighted by Crippen LogP contribution is -2.89. The largest absolute Gasteiger partial charge is 0.345 e. The summed E-state index contributed by atoms with van der Waals surface area (Å²) in [7, 11) is 0. The van der Waals surface area contributed by atoms with Crippen molar-refractivity contribution in [1.82, 2.24) is 14.6 Å². The van der Waals surface area contributed by atoms with E-state index in [0.717, 1.165) is 55.9 Å². The number of halogens is 1. The molecule has 0 bridgehead atoms. The van der Waals surface area contributed by atoms with E-state index in [1.807, 2.05) is 16.6 Å². The fraction of sp³-hybridized carbons (Fsp3) is 0.400. The van der Waals surface area contributed by atoms with Crippen LogP contribution in [0.1, 0.15) is 24.1 Å². The van der Waals surface area contributed by atoms with Crippen molar-refractivity contribution < 1.29 is 9.71 Å². The van der Waals surface area contributed by atoms with Crippen LogP contribution >= 0.6 is 0 Å². The lowest BCUT2D eigenvalue weighted by Gasteiger charge is -2.31. The molecule has 1 aliphatic carbocycles. The molecule has 0 unspecified atom stereocenters. The monoisotopic (exact) mass is 352 g/mol. The van der Waals surface area contributed by atoms with Crippen LogP contribution in [0.15, 0.2) is 30.3 Å². The van der Waals surface area contributed by atoms with E-state index < -0.39 is 0 Å². The van der Waals surface area contributed by atoms with Gasteiger partial charge in [-0.3, -0.25) is 0 Å². The quantitative estimate of drug-likeness (QED) is 0.765. The molecule has 0 amide bonds. The van der Waals surface area contributed by atoms with E-state index in [1.165, 1.54) is 42.0 Å². The molecule has 6 heteroatoms. The molecule has 1 saturated heterocycles. The first kappa shape index (κ1) is 15.8. The molecule has 0 spiro atoms. The van der Waals surface area contributed by atoms with Gasteiger partial charge in [0.2, 0.25) is 0 Å². The number of nitrogens with zero attached hydrogens (tertiary/aromatic N) is 4. The third-order valence-electron chi connectivity index (χ3n) is 5.48. The Morgan fingerprint density at radius 2 is 1.88 bits per heavy atom. The highest BCUT2D eigenvalue weighted by molar-refractivity contribution is 5.67. The van der Waals surface area contributed by atoms with Gasteiger partial charge in [0.1, 0.15) is 11.6 Å². The van der Waals surface area contributed by atoms with Gasteiger partial charge in [0, 0.05) is 22.9 Å². The zero-order valence-corrected chi connectivity index (χ0v) is 14.8. The minimum atomic E-state index is -0.237. The Kier molecular flexibility index (Phi) is 3.85. The number of hydrogen-bond acceptors (Lipinski definition) is 3. The Morgan fingerprint density at radius 1 is 1.04 bits per heavy atom. The number of piperazine rings is 1. The lowest BCUT2D eigenvalue weighted by atomic mass is 9.96. The van der Waals surface area contributed by atoms with E-state index >= 15 is 0 Å². The first-order valence-corrected chi connectivity index (χ1v) is 9.54. The summed E-state index contributed by atoms with van der Waals surface area (Å²) in [4.78, 5) is 7.37. The lowest BCUT2D eigenvalue weighted by molar-refractivity contribution is -0.655. The predicted molar refractivity (Wildman–Crippen MR) is 98.9 cm³/mol. The van der Waals surface area contributed by atoms with Gasteiger partial charge in [-0.15, -0.1) is 0 Å². The summed E-state index contributed by atoms with van der Waals surface area (Å²) in [5, 5.41) is 7.21. The van der Waals surface area contributed by atoms with Gasteiger partial charge in [-0.05, 0) is 37.8 Å². The molecule has 0 atom stereocenters. The van der Waals surface area contributed by atoms with Crippen LogP contribution in [0.5, 0.6) is 0 Å². The van der Waals surface area contributed by atoms with E-state index in [0.29, 0.717) is 0 Å². The highest BCUT2D eigenvalue weighted by atomic mass is 19.1. The highest BCUT2D eigenvalue weighted by Gasteiger charge is 2.25. The maximum absolute atomic E-state index is 13.7. The van der Waals surface area contributed by atoms with E-state index in [4.69, 9.17) is 10.1 Å². The normalized spacial score (nSPS) is 17.5. The molecule has 1 aromatic carbocycles. The van der Waals surface area contributed by atoms with Crippen molar-refractivity contribution in [3.63, 3.8) is 0 Å². The Bertz CT molecular complexity index is 958. The minimum absolute atomic E-state index is 0.237. The van der Waals surface area contributed by atoms with Crippen LogP contribution in [0.25, 0.3) is 16.9 Å². The smallest absolute Gasteiger partial charge is 0.158 e. The van der Waals surface area contributed by atoms with Crippen LogP contribution in [0.2, 0.25) is 0 Å². The third-order valence-corrected chi connectivity index (χ3v) is 5.48. The topological polar surface area (TPSA) is 50.0 Å². The molecule has 3 aromatic rings. The Hall–Kier alpha value is -2.47. The average molecular weight is 352 g/mol. The maximum atomic E-state index is 13.7. The molecule has 5 nitrogen and oxygen atoms in total. The summed E-state index contributed by atoms with van der Waals surface area (Å²) < 4.78 is 15.7. The number of fused-ring (bicyclic) bond motifs is 2. The van der Waals surface area contributed by atoms with Crippen LogP contribution in [0, 0.1) is 5.82 Å². The van der Waals surface area contributed by atoms with Gasteiger partial charge in [0.25, 0.3) is 0 Å². The zero-order chi connectivity index (χ0) is 17.5. The Balaban J connectivity index is 1.71. The summed E-state index contributed by atoms with van der Waals surface area (Å²) in [5.74, 6) is 0.971. The number of benzene rings is 1. The van der Waals surface area contributed by atoms with E-state index in [1.54, 1.807) is 6.07 Å². The summed E-state index contributed by atoms with van der Waals surface area (Å²) in [5.41, 5.74) is 5.03. The second-order valence-corrected chi connectivity index (χ2v) is 7.23. The number of aromatic nitrogens is 3. The number of nitrogens with two attached hydrogens (primary N) is 1. The van der Waals surface area contributed by atoms with Crippen LogP contribution in [0.3, 0.4) is 0 Å². The molecular formula is C20H23FN5+. The molecule has 0 radical (unpaired) electrons. The van der Waals surface area contributed by atoms with E-state index in [-0.39, 0.29) is 5.82 Å². The van der Waals surface area contributed by atoms with Crippen LogP contribution in [-0.2, 0) is 12.8 Å². The molecule has 134 valence electrons. The molecule has 5 rings (SSSR count). The van der Waals surface area contributed by atoms with Gasteiger partial charge in [-0.25, -0.2) is 9.37 Å². The zero-order valence-electron chi connectivity index (χ0n) is 14.8. The number of hydrogen-bond donors (Lipinski definition) is 1. The fourth-order valence-corrected chi connectivity index (χ4v) is 4.20. The van der Waals surface area contributed by atoms with Gasteiger partial charge in [-0.2, -0.15) is 9.61 Å². The van der Waals surface area contributed by atoms with Crippen molar-refractivity contribution in [2.75, 3.05) is 31.1 Å². The highest BCUT2D eigenvalue weighted by Crippen LogP contribution is 2.32. The van der Waals surface area contributed by atoms with Crippen molar-refractivity contribution in [3.8, 4) is 11.3 Å². The van der Waals surface area contributed by atoms with E-state index in [2.05, 4.69) is 10.2 Å². The number of anilines is 1. The third kappa shape index (κ3) is 2.65. The predicted octanol–water partition coefficient (Wildman–Crippen LogP) is 1.80. The first-order chi connectivity index (χ1) is 12.8. The average Bonchev–Trinajstić information content (AvgIpc) is 3.10. The van der Waals surface area contributed by atoms with Crippen molar-refractivity contribution >= 4 is 11.5 Å². The Morgan fingerprint density at radius 3 is 2.73 bits per heavy atom. The molecule has 2 aliphatic rings. The Labute approximate surface area is 151 Å². The van der Waals surface area contributed by atoms with E-state index in [9.17, 15) is 4.39 Å². The van der Waals surface area contributed by atoms with Crippen LogP contribution in [-0.4, -0.2) is 40.8 Å². The summed E-state index contributed by atoms with van der Waals surface area (Å²) >= 11 is 0. The molecule has 2 N–H and O–H groups in total. The molecule has 1 fully saturated rings. The van der Waals surface area contributed by atoms with Gasteiger partial charge < -0.3 is 10.2 Å². The minimum Gasteiger partial charge on any atom is -0.345 e. The van der Waals surface area contributed by atoms with Crippen molar-refractivity contribution in [2.45, 2.75) is 25.7 Å². The van der Waals surface area contributed by atoms with Crippen molar-refractivity contribution in [3.05, 3.63) is 47.4 Å². The number of aryl methyl sites for hydroxylation is 1. The molecule has 3 heterocycles. The molecule has 2 aromatic heterocycles. The maximum Gasteiger partial charge on any atom is 0.158 e. The van der Waals surface area contributed by atoms with Gasteiger partial charge in [0.05, 0.1) is 31.9 Å². The fourth-order valence-electron chi connectivity index (χ4n) is 4.20. The van der Waals surface area contributed by atoms with Gasteiger partial charge in [0.15, 0.2) is 5.65 Å². The van der Waals surface area contributed by atoms with Gasteiger partial charge >= 0.3 is 0 Å². The van der Waals surface area contributed by atoms with Crippen LogP contribution < -0.4 is 10.2 Å². The SMILES string of the molecule is Fc1cccc(-c2cc3nc4c(c(N5CC[NH2+]CC5)n3n2)CCCC4)c1. The summed E-state index contributed by atoms with van der Waals surface area (Å²) in [6.07, 6.45) is 4.53. The summed E-state index contributed by atoms with van der Waals surface area (Å²) in [6.45, 7) is 4.27. The number of rotatable bonds is 2. The van der Waals surface area contributed by atoms with Gasteiger partial charge in [-0.1, -0.05) is 12.1 Å². The summed E-state index contributed by atoms with van der Waals surface area (Å²) in [6, 6.07) is 8.63. The second-order valence-electron chi connectivity index (χ2n) is 7.23. The molecule has 26 heavy (non-hydrogen) atoms. The number of quaternary nitrogens is 1. The molecule has 0 saturated carbocycles. The second kappa shape index (κ2) is 6.36. The molecule has 1 aliphatic heterocycles. The van der Waals surface area contributed by atoms with Crippen molar-refractivity contribution in [2.24, 2.45) is 0 Å². The van der Waals surface area contributed by atoms with Crippen molar-refractivity contribution in [1.29, 1.82) is 0 Å². The molecular weight excluding hydrogens is 329 g/mol.